The Hall–Kier alpha value is -1.17. The van der Waals surface area contributed by atoms with E-state index in [0.717, 1.165) is 59.0 Å². The number of anilines is 1. The Morgan fingerprint density at radius 1 is 1.10 bits per heavy atom. The molecule has 3 N–H and O–H groups in total. The number of benzene rings is 2. The summed E-state index contributed by atoms with van der Waals surface area (Å²) in [6.45, 7) is 2.83. The third kappa shape index (κ3) is 6.40. The van der Waals surface area contributed by atoms with Gasteiger partial charge >= 0.3 is 0 Å². The maximum absolute atomic E-state index is 6.23. The quantitative estimate of drug-likeness (QED) is 0.289. The van der Waals surface area contributed by atoms with Crippen LogP contribution in [0.3, 0.4) is 0 Å². The van der Waals surface area contributed by atoms with E-state index in [1.54, 1.807) is 7.11 Å². The lowest BCUT2D eigenvalue weighted by molar-refractivity contribution is 0.415. The number of aromatic nitrogens is 1. The second-order valence-corrected chi connectivity index (χ2v) is 7.80. The van der Waals surface area contributed by atoms with Crippen LogP contribution in [0.25, 0.3) is 21.8 Å². The van der Waals surface area contributed by atoms with E-state index >= 15 is 0 Å². The van der Waals surface area contributed by atoms with E-state index < -0.39 is 0 Å². The molecule has 2 aromatic carbocycles. The number of nitrogens with zero attached hydrogens (tertiary/aromatic N) is 1. The number of nitrogens with one attached hydrogen (secondary N) is 1. The zero-order chi connectivity index (χ0) is 19.4. The third-order valence-corrected chi connectivity index (χ3v) is 5.48. The van der Waals surface area contributed by atoms with Crippen LogP contribution in [0.1, 0.15) is 26.2 Å². The highest BCUT2D eigenvalue weighted by Gasteiger charge is 2.13. The van der Waals surface area contributed by atoms with Crippen LogP contribution in [-0.4, -0.2) is 30.1 Å². The molecule has 160 valence electrons. The van der Waals surface area contributed by atoms with E-state index in [9.17, 15) is 0 Å². The van der Waals surface area contributed by atoms with Crippen molar-refractivity contribution in [3.63, 3.8) is 0 Å². The molecular weight excluding hydrogens is 452 g/mol. The zero-order valence-electron chi connectivity index (χ0n) is 16.5. The summed E-state index contributed by atoms with van der Waals surface area (Å²) < 4.78 is 5.40. The zero-order valence-corrected chi connectivity index (χ0v) is 19.6. The van der Waals surface area contributed by atoms with Crippen LogP contribution in [0, 0.1) is 0 Å². The predicted molar refractivity (Wildman–Crippen MR) is 131 cm³/mol. The Morgan fingerprint density at radius 3 is 2.55 bits per heavy atom. The molecule has 0 aliphatic carbocycles. The molecule has 0 saturated carbocycles. The molecule has 4 nitrogen and oxygen atoms in total. The minimum absolute atomic E-state index is 0. The Labute approximate surface area is 194 Å². The van der Waals surface area contributed by atoms with Crippen LogP contribution in [0.5, 0.6) is 5.75 Å². The lowest BCUT2D eigenvalue weighted by Gasteiger charge is -2.17. The molecule has 0 aliphatic heterocycles. The van der Waals surface area contributed by atoms with E-state index in [-0.39, 0.29) is 36.2 Å². The van der Waals surface area contributed by atoms with Gasteiger partial charge in [0.15, 0.2) is 0 Å². The van der Waals surface area contributed by atoms with Crippen molar-refractivity contribution in [3.8, 4) is 5.75 Å². The smallest absolute Gasteiger partial charge is 0.119 e. The van der Waals surface area contributed by atoms with Gasteiger partial charge in [0.2, 0.25) is 0 Å². The van der Waals surface area contributed by atoms with Gasteiger partial charge in [0.1, 0.15) is 5.75 Å². The second kappa shape index (κ2) is 11.9. The number of alkyl halides is 1. The van der Waals surface area contributed by atoms with Gasteiger partial charge in [-0.1, -0.05) is 18.5 Å². The number of nitrogens with two attached hydrogens (primary N) is 1. The van der Waals surface area contributed by atoms with Crippen LogP contribution >= 0.6 is 48.0 Å². The molecule has 0 bridgehead atoms. The minimum atomic E-state index is 0. The fourth-order valence-electron chi connectivity index (χ4n) is 3.21. The van der Waals surface area contributed by atoms with Crippen molar-refractivity contribution in [3.05, 3.63) is 41.4 Å². The van der Waals surface area contributed by atoms with Crippen LogP contribution in [-0.2, 0) is 0 Å². The summed E-state index contributed by atoms with van der Waals surface area (Å²) in [5.41, 5.74) is 9.01. The summed E-state index contributed by atoms with van der Waals surface area (Å²) in [7, 11) is 1.66. The molecular formula is C21H27Cl4N3O. The maximum atomic E-state index is 6.23. The number of halogens is 4. The summed E-state index contributed by atoms with van der Waals surface area (Å²) in [6.07, 6.45) is 2.59. The standard InChI is InChI=1S/C21H25Cl2N3O.2ClH/c1-3-13(22)10-15(24)8-9-25-21-17-6-4-14(23)11-20(17)26-19-7-5-16(27-2)12-18(19)21;;/h4-7,11-13,15H,3,8-10,24H2,1-2H3,(H,25,26);2*1H. The number of hydrogen-bond acceptors (Lipinski definition) is 4. The molecule has 29 heavy (non-hydrogen) atoms. The number of hydrogen-bond donors (Lipinski definition) is 2. The lowest BCUT2D eigenvalue weighted by Crippen LogP contribution is -2.26. The van der Waals surface area contributed by atoms with Crippen LogP contribution in [0.4, 0.5) is 5.69 Å². The molecule has 3 aromatic rings. The molecule has 2 unspecified atom stereocenters. The topological polar surface area (TPSA) is 60.2 Å². The van der Waals surface area contributed by atoms with E-state index in [1.165, 1.54) is 0 Å². The molecule has 0 radical (unpaired) electrons. The van der Waals surface area contributed by atoms with Gasteiger partial charge in [-0.2, -0.15) is 0 Å². The summed E-state index contributed by atoms with van der Waals surface area (Å²) in [5.74, 6) is 0.797. The van der Waals surface area contributed by atoms with Gasteiger partial charge in [-0.15, -0.1) is 36.4 Å². The summed E-state index contributed by atoms with van der Waals surface area (Å²) >= 11 is 12.4. The number of pyridine rings is 1. The molecule has 0 amide bonds. The average molecular weight is 479 g/mol. The molecule has 0 fully saturated rings. The van der Waals surface area contributed by atoms with Crippen molar-refractivity contribution in [2.24, 2.45) is 5.73 Å². The van der Waals surface area contributed by atoms with E-state index in [0.29, 0.717) is 5.02 Å². The summed E-state index contributed by atoms with van der Waals surface area (Å²) in [6, 6.07) is 11.7. The SMILES string of the molecule is CCC(Cl)CC(N)CCNc1c2ccc(Cl)cc2nc2ccc(OC)cc12.Cl.Cl. The fourth-order valence-corrected chi connectivity index (χ4v) is 3.60. The fraction of sp³-hybridized carbons (Fsp3) is 0.381. The van der Waals surface area contributed by atoms with Gasteiger partial charge in [-0.05, 0) is 55.7 Å². The van der Waals surface area contributed by atoms with Gasteiger partial charge in [-0.25, -0.2) is 4.98 Å². The monoisotopic (exact) mass is 477 g/mol. The van der Waals surface area contributed by atoms with E-state index in [4.69, 9.17) is 38.7 Å². The van der Waals surface area contributed by atoms with E-state index in [2.05, 4.69) is 12.2 Å². The highest BCUT2D eigenvalue weighted by Crippen LogP contribution is 2.34. The van der Waals surface area contributed by atoms with Crippen molar-refractivity contribution in [1.82, 2.24) is 4.98 Å². The third-order valence-electron chi connectivity index (χ3n) is 4.76. The second-order valence-electron chi connectivity index (χ2n) is 6.75. The Balaban J connectivity index is 0.00000210. The first-order valence-corrected chi connectivity index (χ1v) is 10.0. The molecule has 3 rings (SSSR count). The van der Waals surface area contributed by atoms with Crippen molar-refractivity contribution < 1.29 is 4.74 Å². The van der Waals surface area contributed by atoms with Gasteiger partial charge < -0.3 is 15.8 Å². The van der Waals surface area contributed by atoms with E-state index in [1.807, 2.05) is 36.4 Å². The van der Waals surface area contributed by atoms with Crippen LogP contribution in [0.2, 0.25) is 5.02 Å². The number of fused-ring (bicyclic) bond motifs is 2. The van der Waals surface area contributed by atoms with Crippen LogP contribution < -0.4 is 15.8 Å². The van der Waals surface area contributed by atoms with Crippen molar-refractivity contribution in [2.75, 3.05) is 19.0 Å². The molecule has 0 aliphatic rings. The van der Waals surface area contributed by atoms with Gasteiger partial charge in [0.05, 0.1) is 23.8 Å². The Kier molecular flexibility index (Phi) is 10.6. The molecule has 0 spiro atoms. The predicted octanol–water partition coefficient (Wildman–Crippen LogP) is 6.43. The number of ether oxygens (including phenoxy) is 1. The van der Waals surface area contributed by atoms with Gasteiger partial charge in [0.25, 0.3) is 0 Å². The molecule has 1 heterocycles. The lowest BCUT2D eigenvalue weighted by atomic mass is 10.1. The molecule has 1 aromatic heterocycles. The largest absolute Gasteiger partial charge is 0.497 e. The van der Waals surface area contributed by atoms with Crippen molar-refractivity contribution in [1.29, 1.82) is 0 Å². The molecule has 8 heteroatoms. The molecule has 0 saturated heterocycles. The molecule has 2 atom stereocenters. The first-order valence-electron chi connectivity index (χ1n) is 9.22. The number of methoxy groups -OCH3 is 1. The summed E-state index contributed by atoms with van der Waals surface area (Å²) in [5, 5.41) is 6.41. The maximum Gasteiger partial charge on any atom is 0.119 e. The highest BCUT2D eigenvalue weighted by atomic mass is 35.5. The van der Waals surface area contributed by atoms with Gasteiger partial charge in [0, 0.05) is 33.8 Å². The van der Waals surface area contributed by atoms with Gasteiger partial charge in [-0.3, -0.25) is 0 Å². The minimum Gasteiger partial charge on any atom is -0.497 e. The van der Waals surface area contributed by atoms with Crippen molar-refractivity contribution >= 4 is 75.5 Å². The Morgan fingerprint density at radius 2 is 1.86 bits per heavy atom. The van der Waals surface area contributed by atoms with Crippen LogP contribution in [0.15, 0.2) is 36.4 Å². The Bertz CT molecular complexity index is 939. The van der Waals surface area contributed by atoms with Crippen molar-refractivity contribution in [2.45, 2.75) is 37.6 Å². The first-order chi connectivity index (χ1) is 13.0. The number of rotatable bonds is 8. The normalized spacial score (nSPS) is 12.7. The highest BCUT2D eigenvalue weighted by molar-refractivity contribution is 6.31. The summed E-state index contributed by atoms with van der Waals surface area (Å²) in [4.78, 5) is 4.75. The average Bonchev–Trinajstić information content (AvgIpc) is 2.66. The first kappa shape index (κ1) is 25.9.